The Morgan fingerprint density at radius 1 is 1.33 bits per heavy atom. The molecule has 100 valence electrons. The van der Waals surface area contributed by atoms with Crippen LogP contribution >= 0.6 is 0 Å². The Morgan fingerprint density at radius 3 is 2.72 bits per heavy atom. The summed E-state index contributed by atoms with van der Waals surface area (Å²) in [6.07, 6.45) is 0.935. The first-order valence-corrected chi connectivity index (χ1v) is 6.34. The van der Waals surface area contributed by atoms with Gasteiger partial charge in [-0.05, 0) is 18.6 Å². The van der Waals surface area contributed by atoms with Crippen LogP contribution in [0.15, 0.2) is 30.3 Å². The molecular weight excluding hydrogens is 228 g/mol. The van der Waals surface area contributed by atoms with Gasteiger partial charge in [-0.1, -0.05) is 25.1 Å². The molecule has 0 heterocycles. The van der Waals surface area contributed by atoms with Crippen LogP contribution in [0.5, 0.6) is 0 Å². The highest BCUT2D eigenvalue weighted by molar-refractivity contribution is 5.77. The second-order valence-corrected chi connectivity index (χ2v) is 4.16. The van der Waals surface area contributed by atoms with Crippen molar-refractivity contribution in [3.05, 3.63) is 30.3 Å². The molecule has 18 heavy (non-hydrogen) atoms. The van der Waals surface area contributed by atoms with E-state index in [0.717, 1.165) is 18.7 Å². The summed E-state index contributed by atoms with van der Waals surface area (Å²) in [7, 11) is 2.01. The van der Waals surface area contributed by atoms with Crippen LogP contribution in [0, 0.1) is 0 Å². The standard InChI is InChI=1S/C14H22N2O2/c1-3-11-18-12-14(17)15-9-10-16(2)13-7-5-4-6-8-13/h4-8H,3,9-12H2,1-2H3,(H,15,17). The lowest BCUT2D eigenvalue weighted by Crippen LogP contribution is -2.35. The van der Waals surface area contributed by atoms with Crippen LogP contribution < -0.4 is 10.2 Å². The highest BCUT2D eigenvalue weighted by Gasteiger charge is 2.02. The molecule has 1 aromatic rings. The van der Waals surface area contributed by atoms with E-state index < -0.39 is 0 Å². The van der Waals surface area contributed by atoms with Gasteiger partial charge in [0.05, 0.1) is 0 Å². The molecule has 0 atom stereocenters. The smallest absolute Gasteiger partial charge is 0.246 e. The van der Waals surface area contributed by atoms with E-state index in [4.69, 9.17) is 4.74 Å². The monoisotopic (exact) mass is 250 g/mol. The lowest BCUT2D eigenvalue weighted by Gasteiger charge is -2.19. The van der Waals surface area contributed by atoms with E-state index in [9.17, 15) is 4.79 Å². The first-order valence-electron chi connectivity index (χ1n) is 6.34. The van der Waals surface area contributed by atoms with Crippen LogP contribution in [0.2, 0.25) is 0 Å². The number of carbonyl (C=O) groups excluding carboxylic acids is 1. The number of anilines is 1. The summed E-state index contributed by atoms with van der Waals surface area (Å²) in [5.74, 6) is -0.0510. The molecule has 0 saturated carbocycles. The maximum Gasteiger partial charge on any atom is 0.246 e. The van der Waals surface area contributed by atoms with Crippen LogP contribution in [-0.2, 0) is 9.53 Å². The van der Waals surface area contributed by atoms with E-state index in [-0.39, 0.29) is 12.5 Å². The molecule has 0 fully saturated rings. The number of ether oxygens (including phenoxy) is 1. The lowest BCUT2D eigenvalue weighted by molar-refractivity contribution is -0.125. The lowest BCUT2D eigenvalue weighted by atomic mass is 10.3. The van der Waals surface area contributed by atoms with E-state index in [1.54, 1.807) is 0 Å². The van der Waals surface area contributed by atoms with Crippen molar-refractivity contribution in [1.29, 1.82) is 0 Å². The van der Waals surface area contributed by atoms with Gasteiger partial charge in [0.1, 0.15) is 6.61 Å². The number of rotatable bonds is 8. The van der Waals surface area contributed by atoms with Gasteiger partial charge in [-0.15, -0.1) is 0 Å². The molecule has 1 rings (SSSR count). The van der Waals surface area contributed by atoms with Crippen molar-refractivity contribution >= 4 is 11.6 Å². The van der Waals surface area contributed by atoms with Crippen molar-refractivity contribution in [1.82, 2.24) is 5.32 Å². The highest BCUT2D eigenvalue weighted by atomic mass is 16.5. The average Bonchev–Trinajstić information content (AvgIpc) is 2.40. The second-order valence-electron chi connectivity index (χ2n) is 4.16. The molecule has 0 aliphatic rings. The SMILES string of the molecule is CCCOCC(=O)NCCN(C)c1ccccc1. The van der Waals surface area contributed by atoms with Crippen LogP contribution in [0.4, 0.5) is 5.69 Å². The van der Waals surface area contributed by atoms with E-state index in [2.05, 4.69) is 10.2 Å². The number of hydrogen-bond acceptors (Lipinski definition) is 3. The summed E-state index contributed by atoms with van der Waals surface area (Å²) < 4.78 is 5.16. The van der Waals surface area contributed by atoms with E-state index in [1.165, 1.54) is 0 Å². The Balaban J connectivity index is 2.16. The number of nitrogens with one attached hydrogen (secondary N) is 1. The second kappa shape index (κ2) is 8.53. The minimum atomic E-state index is -0.0510. The van der Waals surface area contributed by atoms with Crippen molar-refractivity contribution < 1.29 is 9.53 Å². The number of nitrogens with zero attached hydrogens (tertiary/aromatic N) is 1. The van der Waals surface area contributed by atoms with Gasteiger partial charge in [0.25, 0.3) is 0 Å². The van der Waals surface area contributed by atoms with Crippen molar-refractivity contribution in [2.45, 2.75) is 13.3 Å². The van der Waals surface area contributed by atoms with E-state index in [1.807, 2.05) is 44.3 Å². The summed E-state index contributed by atoms with van der Waals surface area (Å²) >= 11 is 0. The van der Waals surface area contributed by atoms with Gasteiger partial charge in [0.15, 0.2) is 0 Å². The summed E-state index contributed by atoms with van der Waals surface area (Å²) in [4.78, 5) is 13.5. The van der Waals surface area contributed by atoms with Crippen molar-refractivity contribution in [3.63, 3.8) is 0 Å². The molecule has 0 saturated heterocycles. The molecule has 1 amide bonds. The minimum Gasteiger partial charge on any atom is -0.373 e. The van der Waals surface area contributed by atoms with Gasteiger partial charge in [-0.3, -0.25) is 4.79 Å². The zero-order valence-electron chi connectivity index (χ0n) is 11.2. The summed E-state index contributed by atoms with van der Waals surface area (Å²) in [6, 6.07) is 10.1. The number of carbonyl (C=O) groups is 1. The number of benzene rings is 1. The Morgan fingerprint density at radius 2 is 2.06 bits per heavy atom. The molecule has 0 unspecified atom stereocenters. The molecule has 0 aromatic heterocycles. The Labute approximate surface area is 109 Å². The fourth-order valence-electron chi connectivity index (χ4n) is 1.53. The number of hydrogen-bond donors (Lipinski definition) is 1. The Kier molecular flexibility index (Phi) is 6.87. The fourth-order valence-corrected chi connectivity index (χ4v) is 1.53. The van der Waals surface area contributed by atoms with Crippen molar-refractivity contribution in [2.75, 3.05) is 38.3 Å². The van der Waals surface area contributed by atoms with E-state index >= 15 is 0 Å². The summed E-state index contributed by atoms with van der Waals surface area (Å²) in [5, 5.41) is 2.84. The first-order chi connectivity index (χ1) is 8.74. The minimum absolute atomic E-state index is 0.0510. The molecule has 4 nitrogen and oxygen atoms in total. The van der Waals surface area contributed by atoms with Crippen LogP contribution in [0.3, 0.4) is 0 Å². The maximum atomic E-state index is 11.4. The third-order valence-corrected chi connectivity index (χ3v) is 2.55. The Hall–Kier alpha value is -1.55. The molecule has 4 heteroatoms. The van der Waals surface area contributed by atoms with E-state index in [0.29, 0.717) is 13.2 Å². The fraction of sp³-hybridized carbons (Fsp3) is 0.500. The molecule has 0 aliphatic carbocycles. The molecule has 0 bridgehead atoms. The largest absolute Gasteiger partial charge is 0.373 e. The van der Waals surface area contributed by atoms with Gasteiger partial charge in [0.2, 0.25) is 5.91 Å². The van der Waals surface area contributed by atoms with Crippen molar-refractivity contribution in [3.8, 4) is 0 Å². The van der Waals surface area contributed by atoms with Gasteiger partial charge < -0.3 is 15.0 Å². The summed E-state index contributed by atoms with van der Waals surface area (Å²) in [6.45, 7) is 4.22. The van der Waals surface area contributed by atoms with Crippen LogP contribution in [-0.4, -0.2) is 39.3 Å². The first kappa shape index (κ1) is 14.5. The predicted octanol–water partition coefficient (Wildman–Crippen LogP) is 1.67. The quantitative estimate of drug-likeness (QED) is 0.714. The maximum absolute atomic E-state index is 11.4. The van der Waals surface area contributed by atoms with Crippen LogP contribution in [0.1, 0.15) is 13.3 Å². The van der Waals surface area contributed by atoms with Gasteiger partial charge in [0, 0.05) is 32.4 Å². The topological polar surface area (TPSA) is 41.6 Å². The third kappa shape index (κ3) is 5.68. The zero-order chi connectivity index (χ0) is 13.2. The van der Waals surface area contributed by atoms with Crippen LogP contribution in [0.25, 0.3) is 0 Å². The molecular formula is C14H22N2O2. The van der Waals surface area contributed by atoms with Crippen molar-refractivity contribution in [2.24, 2.45) is 0 Å². The average molecular weight is 250 g/mol. The van der Waals surface area contributed by atoms with Gasteiger partial charge >= 0.3 is 0 Å². The molecule has 0 spiro atoms. The number of para-hydroxylation sites is 1. The van der Waals surface area contributed by atoms with Gasteiger partial charge in [-0.25, -0.2) is 0 Å². The predicted molar refractivity (Wildman–Crippen MR) is 73.8 cm³/mol. The highest BCUT2D eigenvalue weighted by Crippen LogP contribution is 2.09. The number of likely N-dealkylation sites (N-methyl/N-ethyl adjacent to an activating group) is 1. The molecule has 1 N–H and O–H groups in total. The van der Waals surface area contributed by atoms with Gasteiger partial charge in [-0.2, -0.15) is 0 Å². The summed E-state index contributed by atoms with van der Waals surface area (Å²) in [5.41, 5.74) is 1.15. The Bertz CT molecular complexity index is 341. The molecule has 0 radical (unpaired) electrons. The molecule has 1 aromatic carbocycles. The normalized spacial score (nSPS) is 10.1. The third-order valence-electron chi connectivity index (χ3n) is 2.55. The zero-order valence-corrected chi connectivity index (χ0v) is 11.2. The molecule has 0 aliphatic heterocycles. The number of amides is 1.